The number of rotatable bonds is 6. The molecule has 0 fully saturated rings. The van der Waals surface area contributed by atoms with Gasteiger partial charge in [-0.25, -0.2) is 4.98 Å². The highest BCUT2D eigenvalue weighted by Crippen LogP contribution is 2.28. The van der Waals surface area contributed by atoms with Crippen LogP contribution >= 0.6 is 22.9 Å². The molecule has 0 saturated carbocycles. The first kappa shape index (κ1) is 18.8. The van der Waals surface area contributed by atoms with E-state index in [1.807, 2.05) is 36.6 Å². The fraction of sp³-hybridized carbons (Fsp3) is 0.111. The lowest BCUT2D eigenvalue weighted by Crippen LogP contribution is -2.12. The van der Waals surface area contributed by atoms with Crippen molar-refractivity contribution in [3.63, 3.8) is 0 Å². The number of nitro groups is 1. The molecule has 1 N–H and O–H groups in total. The molecule has 0 radical (unpaired) electrons. The number of nitro benzene ring substituents is 1. The maximum Gasteiger partial charge on any atom is 0.288 e. The van der Waals surface area contributed by atoms with Crippen molar-refractivity contribution in [1.82, 2.24) is 4.98 Å². The molecule has 27 heavy (non-hydrogen) atoms. The summed E-state index contributed by atoms with van der Waals surface area (Å²) in [4.78, 5) is 27.0. The summed E-state index contributed by atoms with van der Waals surface area (Å²) in [6, 6.07) is 11.3. The lowest BCUT2D eigenvalue weighted by Gasteiger charge is -2.04. The van der Waals surface area contributed by atoms with E-state index in [0.717, 1.165) is 17.4 Å². The van der Waals surface area contributed by atoms with Crippen LogP contribution in [0.2, 0.25) is 5.02 Å². The third kappa shape index (κ3) is 4.42. The molecule has 0 atom stereocenters. The standard InChI is InChI=1S/C18H14ClN3O4S/c1-2-26-13-6-3-11(4-7-13)15-10-27-18(20-15)21-17(23)12-5-8-14(19)16(9-12)22(24)25/h3-10H,2H2,1H3,(H,20,21,23). The van der Waals surface area contributed by atoms with Crippen molar-refractivity contribution in [2.75, 3.05) is 11.9 Å². The number of hydrogen-bond donors (Lipinski definition) is 1. The highest BCUT2D eigenvalue weighted by Gasteiger charge is 2.17. The number of halogens is 1. The molecule has 138 valence electrons. The van der Waals surface area contributed by atoms with Crippen molar-refractivity contribution in [3.8, 4) is 17.0 Å². The average Bonchev–Trinajstić information content (AvgIpc) is 3.11. The van der Waals surface area contributed by atoms with Gasteiger partial charge in [-0.1, -0.05) is 11.6 Å². The van der Waals surface area contributed by atoms with Crippen LogP contribution in [0.1, 0.15) is 17.3 Å². The summed E-state index contributed by atoms with van der Waals surface area (Å²) in [5.41, 5.74) is 1.40. The van der Waals surface area contributed by atoms with Gasteiger partial charge < -0.3 is 4.74 Å². The van der Waals surface area contributed by atoms with Gasteiger partial charge >= 0.3 is 0 Å². The van der Waals surface area contributed by atoms with Gasteiger partial charge in [-0.05, 0) is 43.3 Å². The van der Waals surface area contributed by atoms with E-state index in [9.17, 15) is 14.9 Å². The van der Waals surface area contributed by atoms with E-state index in [2.05, 4.69) is 10.3 Å². The molecular formula is C18H14ClN3O4S. The molecule has 3 aromatic rings. The Morgan fingerprint density at radius 2 is 2.04 bits per heavy atom. The Morgan fingerprint density at radius 3 is 2.70 bits per heavy atom. The van der Waals surface area contributed by atoms with E-state index < -0.39 is 10.8 Å². The van der Waals surface area contributed by atoms with Gasteiger partial charge in [-0.15, -0.1) is 11.3 Å². The molecule has 9 heteroatoms. The van der Waals surface area contributed by atoms with Crippen LogP contribution in [0.25, 0.3) is 11.3 Å². The van der Waals surface area contributed by atoms with Crippen LogP contribution in [0.5, 0.6) is 5.75 Å². The number of carbonyl (C=O) groups is 1. The summed E-state index contributed by atoms with van der Waals surface area (Å²) in [6.45, 7) is 2.51. The maximum absolute atomic E-state index is 12.3. The second kappa shape index (κ2) is 8.15. The van der Waals surface area contributed by atoms with Crippen LogP contribution in [0.15, 0.2) is 47.8 Å². The van der Waals surface area contributed by atoms with Gasteiger partial charge in [0, 0.05) is 22.6 Å². The van der Waals surface area contributed by atoms with Crippen molar-refractivity contribution in [2.45, 2.75) is 6.92 Å². The lowest BCUT2D eigenvalue weighted by atomic mass is 10.2. The van der Waals surface area contributed by atoms with Crippen LogP contribution in [0.4, 0.5) is 10.8 Å². The van der Waals surface area contributed by atoms with Gasteiger partial charge in [-0.2, -0.15) is 0 Å². The van der Waals surface area contributed by atoms with Gasteiger partial charge in [0.25, 0.3) is 11.6 Å². The summed E-state index contributed by atoms with van der Waals surface area (Å²) in [7, 11) is 0. The van der Waals surface area contributed by atoms with Gasteiger partial charge in [-0.3, -0.25) is 20.2 Å². The molecule has 0 saturated heterocycles. The molecule has 0 bridgehead atoms. The van der Waals surface area contributed by atoms with Gasteiger partial charge in [0.2, 0.25) is 0 Å². The maximum atomic E-state index is 12.3. The summed E-state index contributed by atoms with van der Waals surface area (Å²) in [5, 5.41) is 15.8. The molecule has 7 nitrogen and oxygen atoms in total. The Balaban J connectivity index is 1.74. The summed E-state index contributed by atoms with van der Waals surface area (Å²) in [6.07, 6.45) is 0. The molecule has 3 rings (SSSR count). The van der Waals surface area contributed by atoms with Crippen molar-refractivity contribution in [2.24, 2.45) is 0 Å². The predicted octanol–water partition coefficient (Wildman–Crippen LogP) is 5.02. The number of hydrogen-bond acceptors (Lipinski definition) is 6. The Bertz CT molecular complexity index is 989. The van der Waals surface area contributed by atoms with Crippen LogP contribution in [-0.4, -0.2) is 22.4 Å². The molecule has 0 aliphatic heterocycles. The molecule has 1 aromatic heterocycles. The normalized spacial score (nSPS) is 10.4. The van der Waals surface area contributed by atoms with Crippen molar-refractivity contribution < 1.29 is 14.5 Å². The molecule has 0 spiro atoms. The van der Waals surface area contributed by atoms with Crippen LogP contribution in [-0.2, 0) is 0 Å². The van der Waals surface area contributed by atoms with Gasteiger partial charge in [0.1, 0.15) is 10.8 Å². The zero-order valence-electron chi connectivity index (χ0n) is 14.1. The van der Waals surface area contributed by atoms with Gasteiger partial charge in [0.05, 0.1) is 17.2 Å². The molecule has 0 aliphatic rings. The molecule has 0 aliphatic carbocycles. The van der Waals surface area contributed by atoms with Crippen molar-refractivity contribution in [3.05, 3.63) is 68.5 Å². The van der Waals surface area contributed by atoms with Gasteiger partial charge in [0.15, 0.2) is 5.13 Å². The zero-order valence-corrected chi connectivity index (χ0v) is 15.7. The smallest absolute Gasteiger partial charge is 0.288 e. The highest BCUT2D eigenvalue weighted by atomic mass is 35.5. The Hall–Kier alpha value is -2.97. The van der Waals surface area contributed by atoms with E-state index in [1.54, 1.807) is 0 Å². The minimum atomic E-state index is -0.632. The second-order valence-corrected chi connectivity index (χ2v) is 6.64. The van der Waals surface area contributed by atoms with E-state index in [1.165, 1.54) is 23.5 Å². The quantitative estimate of drug-likeness (QED) is 0.460. The van der Waals surface area contributed by atoms with Crippen LogP contribution < -0.4 is 10.1 Å². The topological polar surface area (TPSA) is 94.4 Å². The summed E-state index contributed by atoms with van der Waals surface area (Å²) in [5.74, 6) is 0.275. The molecule has 0 unspecified atom stereocenters. The number of benzene rings is 2. The number of ether oxygens (including phenoxy) is 1. The largest absolute Gasteiger partial charge is 0.494 e. The van der Waals surface area contributed by atoms with Crippen molar-refractivity contribution in [1.29, 1.82) is 0 Å². The molecule has 1 amide bonds. The predicted molar refractivity (Wildman–Crippen MR) is 105 cm³/mol. The first-order valence-electron chi connectivity index (χ1n) is 7.92. The van der Waals surface area contributed by atoms with E-state index in [-0.39, 0.29) is 16.3 Å². The molecule has 1 heterocycles. The average molecular weight is 404 g/mol. The highest BCUT2D eigenvalue weighted by molar-refractivity contribution is 7.14. The second-order valence-electron chi connectivity index (χ2n) is 5.37. The van der Waals surface area contributed by atoms with Crippen LogP contribution in [0, 0.1) is 10.1 Å². The monoisotopic (exact) mass is 403 g/mol. The number of aromatic nitrogens is 1. The number of anilines is 1. The minimum absolute atomic E-state index is 0.0245. The number of carbonyl (C=O) groups excluding carboxylic acids is 1. The number of nitrogens with one attached hydrogen (secondary N) is 1. The molecular weight excluding hydrogens is 390 g/mol. The Labute approximate surface area is 163 Å². The lowest BCUT2D eigenvalue weighted by molar-refractivity contribution is -0.384. The summed E-state index contributed by atoms with van der Waals surface area (Å²) >= 11 is 7.03. The first-order chi connectivity index (χ1) is 13.0. The molecule has 2 aromatic carbocycles. The fourth-order valence-corrected chi connectivity index (χ4v) is 3.22. The zero-order chi connectivity index (χ0) is 19.4. The van der Waals surface area contributed by atoms with E-state index >= 15 is 0 Å². The SMILES string of the molecule is CCOc1ccc(-c2csc(NC(=O)c3ccc(Cl)c([N+](=O)[O-])c3)n2)cc1. The van der Waals surface area contributed by atoms with Crippen molar-refractivity contribution >= 4 is 39.7 Å². The third-order valence-electron chi connectivity index (χ3n) is 3.59. The Morgan fingerprint density at radius 1 is 1.30 bits per heavy atom. The number of amides is 1. The van der Waals surface area contributed by atoms with Crippen LogP contribution in [0.3, 0.4) is 0 Å². The number of nitrogens with zero attached hydrogens (tertiary/aromatic N) is 2. The minimum Gasteiger partial charge on any atom is -0.494 e. The van der Waals surface area contributed by atoms with E-state index in [0.29, 0.717) is 17.4 Å². The first-order valence-corrected chi connectivity index (χ1v) is 9.17. The van der Waals surface area contributed by atoms with E-state index in [4.69, 9.17) is 16.3 Å². The fourth-order valence-electron chi connectivity index (χ4n) is 2.32. The summed E-state index contributed by atoms with van der Waals surface area (Å²) < 4.78 is 5.41. The third-order valence-corrected chi connectivity index (χ3v) is 4.67. The Kier molecular flexibility index (Phi) is 5.68. The number of thiazole rings is 1.